The van der Waals surface area contributed by atoms with Gasteiger partial charge in [0.1, 0.15) is 18.2 Å². The molecule has 5 nitrogen and oxygen atoms in total. The Bertz CT molecular complexity index is 556. The van der Waals surface area contributed by atoms with E-state index in [-0.39, 0.29) is 30.9 Å². The highest BCUT2D eigenvalue weighted by molar-refractivity contribution is 5.91. The maximum atomic E-state index is 13.3. The summed E-state index contributed by atoms with van der Waals surface area (Å²) in [7, 11) is 0. The van der Waals surface area contributed by atoms with Gasteiger partial charge in [-0.05, 0) is 18.6 Å². The van der Waals surface area contributed by atoms with Crippen molar-refractivity contribution in [3.05, 3.63) is 24.0 Å². The number of terminal acetylenes is 1. The zero-order valence-electron chi connectivity index (χ0n) is 11.5. The summed E-state index contributed by atoms with van der Waals surface area (Å²) in [5, 5.41) is 11.7. The van der Waals surface area contributed by atoms with Gasteiger partial charge in [-0.2, -0.15) is 0 Å². The molecule has 1 aliphatic heterocycles. The number of benzene rings is 1. The Morgan fingerprint density at radius 1 is 1.62 bits per heavy atom. The van der Waals surface area contributed by atoms with Crippen LogP contribution in [0, 0.1) is 24.1 Å². The zero-order chi connectivity index (χ0) is 15.2. The normalized spacial score (nSPS) is 17.4. The van der Waals surface area contributed by atoms with E-state index in [0.29, 0.717) is 18.8 Å². The Morgan fingerprint density at radius 3 is 3.10 bits per heavy atom. The molecule has 0 spiro atoms. The topological polar surface area (TPSA) is 61.8 Å². The van der Waals surface area contributed by atoms with Crippen molar-refractivity contribution in [3.63, 3.8) is 0 Å². The van der Waals surface area contributed by atoms with Crippen molar-refractivity contribution in [1.29, 1.82) is 0 Å². The lowest BCUT2D eigenvalue weighted by molar-refractivity contribution is 0.208. The Balaban J connectivity index is 2.06. The molecule has 1 aromatic carbocycles. The average Bonchev–Trinajstić information content (AvgIpc) is 2.95. The molecule has 2 rings (SSSR count). The van der Waals surface area contributed by atoms with Crippen molar-refractivity contribution < 1.29 is 19.0 Å². The molecule has 0 saturated carbocycles. The van der Waals surface area contributed by atoms with Crippen molar-refractivity contribution in [2.75, 3.05) is 31.6 Å². The number of halogens is 1. The first-order valence-electron chi connectivity index (χ1n) is 6.66. The number of amides is 2. The van der Waals surface area contributed by atoms with E-state index < -0.39 is 5.82 Å². The fourth-order valence-corrected chi connectivity index (χ4v) is 2.21. The molecule has 1 heterocycles. The van der Waals surface area contributed by atoms with Crippen molar-refractivity contribution >= 4 is 11.7 Å². The quantitative estimate of drug-likeness (QED) is 0.830. The van der Waals surface area contributed by atoms with Crippen LogP contribution in [-0.4, -0.2) is 42.3 Å². The SMILES string of the molecule is C#CCOc1ccc(F)cc1NC(=O)N1CCC(CO)C1. The monoisotopic (exact) mass is 292 g/mol. The van der Waals surface area contributed by atoms with Crippen LogP contribution in [0.3, 0.4) is 0 Å². The van der Waals surface area contributed by atoms with Crippen LogP contribution < -0.4 is 10.1 Å². The molecule has 1 aliphatic rings. The number of nitrogens with one attached hydrogen (secondary N) is 1. The number of rotatable bonds is 4. The van der Waals surface area contributed by atoms with Gasteiger partial charge in [0, 0.05) is 31.7 Å². The van der Waals surface area contributed by atoms with E-state index in [2.05, 4.69) is 11.2 Å². The number of urea groups is 1. The van der Waals surface area contributed by atoms with Gasteiger partial charge in [0.25, 0.3) is 0 Å². The molecule has 0 aromatic heterocycles. The number of hydrogen-bond acceptors (Lipinski definition) is 3. The zero-order valence-corrected chi connectivity index (χ0v) is 11.5. The fraction of sp³-hybridized carbons (Fsp3) is 0.400. The van der Waals surface area contributed by atoms with Crippen molar-refractivity contribution in [2.24, 2.45) is 5.92 Å². The van der Waals surface area contributed by atoms with E-state index in [1.807, 2.05) is 0 Å². The molecule has 1 saturated heterocycles. The summed E-state index contributed by atoms with van der Waals surface area (Å²) in [5.74, 6) is 2.25. The molecule has 112 valence electrons. The van der Waals surface area contributed by atoms with Gasteiger partial charge in [-0.15, -0.1) is 6.42 Å². The first kappa shape index (κ1) is 15.1. The van der Waals surface area contributed by atoms with E-state index in [1.165, 1.54) is 18.2 Å². The van der Waals surface area contributed by atoms with E-state index in [1.54, 1.807) is 4.90 Å². The Hall–Kier alpha value is -2.26. The number of carbonyl (C=O) groups excluding carboxylic acids is 1. The number of hydrogen-bond donors (Lipinski definition) is 2. The van der Waals surface area contributed by atoms with E-state index in [0.717, 1.165) is 6.42 Å². The summed E-state index contributed by atoms with van der Waals surface area (Å²) in [6.45, 7) is 1.14. The molecule has 1 aromatic rings. The number of likely N-dealkylation sites (tertiary alicyclic amines) is 1. The van der Waals surface area contributed by atoms with Crippen LogP contribution in [0.15, 0.2) is 18.2 Å². The summed E-state index contributed by atoms with van der Waals surface area (Å²) in [6.07, 6.45) is 5.88. The molecular weight excluding hydrogens is 275 g/mol. The maximum Gasteiger partial charge on any atom is 0.321 e. The molecule has 0 radical (unpaired) electrons. The largest absolute Gasteiger partial charge is 0.479 e. The van der Waals surface area contributed by atoms with Gasteiger partial charge in [0.05, 0.1) is 5.69 Å². The van der Waals surface area contributed by atoms with Gasteiger partial charge >= 0.3 is 6.03 Å². The third-order valence-electron chi connectivity index (χ3n) is 3.33. The molecule has 1 atom stereocenters. The third-order valence-corrected chi connectivity index (χ3v) is 3.33. The minimum atomic E-state index is -0.479. The van der Waals surface area contributed by atoms with Crippen LogP contribution in [-0.2, 0) is 0 Å². The number of nitrogens with zero attached hydrogens (tertiary/aromatic N) is 1. The summed E-state index contributed by atoms with van der Waals surface area (Å²) >= 11 is 0. The predicted molar refractivity (Wildman–Crippen MR) is 76.5 cm³/mol. The van der Waals surface area contributed by atoms with Crippen LogP contribution >= 0.6 is 0 Å². The first-order valence-corrected chi connectivity index (χ1v) is 6.66. The second-order valence-corrected chi connectivity index (χ2v) is 4.85. The number of anilines is 1. The van der Waals surface area contributed by atoms with Crippen molar-refractivity contribution in [1.82, 2.24) is 4.90 Å². The molecule has 0 aliphatic carbocycles. The second-order valence-electron chi connectivity index (χ2n) is 4.85. The molecular formula is C15H17FN2O3. The highest BCUT2D eigenvalue weighted by Gasteiger charge is 2.26. The summed E-state index contributed by atoms with van der Waals surface area (Å²) < 4.78 is 18.6. The minimum Gasteiger partial charge on any atom is -0.479 e. The standard InChI is InChI=1S/C15H17FN2O3/c1-2-7-21-14-4-3-12(16)8-13(14)17-15(20)18-6-5-11(9-18)10-19/h1,3-4,8,11,19H,5-7,9-10H2,(H,17,20). The lowest BCUT2D eigenvalue weighted by atomic mass is 10.1. The Labute approximate surface area is 122 Å². The summed E-state index contributed by atoms with van der Waals surface area (Å²) in [6, 6.07) is 3.49. The highest BCUT2D eigenvalue weighted by atomic mass is 19.1. The average molecular weight is 292 g/mol. The van der Waals surface area contributed by atoms with Gasteiger partial charge in [-0.1, -0.05) is 5.92 Å². The van der Waals surface area contributed by atoms with Crippen LogP contribution in [0.4, 0.5) is 14.9 Å². The van der Waals surface area contributed by atoms with Crippen LogP contribution in [0.5, 0.6) is 5.75 Å². The number of aliphatic hydroxyl groups is 1. The fourth-order valence-electron chi connectivity index (χ4n) is 2.21. The van der Waals surface area contributed by atoms with Gasteiger partial charge in [0.2, 0.25) is 0 Å². The molecule has 21 heavy (non-hydrogen) atoms. The van der Waals surface area contributed by atoms with Crippen LogP contribution in [0.1, 0.15) is 6.42 Å². The lowest BCUT2D eigenvalue weighted by Crippen LogP contribution is -2.33. The van der Waals surface area contributed by atoms with Gasteiger partial charge in [-0.3, -0.25) is 0 Å². The molecule has 2 N–H and O–H groups in total. The molecule has 1 fully saturated rings. The Morgan fingerprint density at radius 2 is 2.43 bits per heavy atom. The van der Waals surface area contributed by atoms with E-state index in [9.17, 15) is 9.18 Å². The number of ether oxygens (including phenoxy) is 1. The van der Waals surface area contributed by atoms with E-state index in [4.69, 9.17) is 16.3 Å². The highest BCUT2D eigenvalue weighted by Crippen LogP contribution is 2.26. The van der Waals surface area contributed by atoms with Gasteiger partial charge in [0.15, 0.2) is 0 Å². The van der Waals surface area contributed by atoms with Crippen molar-refractivity contribution in [3.8, 4) is 18.1 Å². The predicted octanol–water partition coefficient (Wildman–Crippen LogP) is 1.68. The minimum absolute atomic E-state index is 0.0325. The van der Waals surface area contributed by atoms with Crippen LogP contribution in [0.25, 0.3) is 0 Å². The summed E-state index contributed by atoms with van der Waals surface area (Å²) in [4.78, 5) is 13.7. The first-order chi connectivity index (χ1) is 10.1. The van der Waals surface area contributed by atoms with Gasteiger partial charge in [-0.25, -0.2) is 9.18 Å². The second kappa shape index (κ2) is 6.95. The van der Waals surface area contributed by atoms with E-state index >= 15 is 0 Å². The smallest absolute Gasteiger partial charge is 0.321 e. The third kappa shape index (κ3) is 3.86. The molecule has 1 unspecified atom stereocenters. The number of carbonyl (C=O) groups is 1. The molecule has 0 bridgehead atoms. The number of aliphatic hydroxyl groups excluding tert-OH is 1. The maximum absolute atomic E-state index is 13.3. The van der Waals surface area contributed by atoms with Crippen molar-refractivity contribution in [2.45, 2.75) is 6.42 Å². The van der Waals surface area contributed by atoms with Gasteiger partial charge < -0.3 is 20.1 Å². The molecule has 2 amide bonds. The summed E-state index contributed by atoms with van der Waals surface area (Å²) in [5.41, 5.74) is 0.239. The van der Waals surface area contributed by atoms with Crippen LogP contribution in [0.2, 0.25) is 0 Å². The Kier molecular flexibility index (Phi) is 5.01. The lowest BCUT2D eigenvalue weighted by Gasteiger charge is -2.18. The molecule has 6 heteroatoms.